The normalized spacial score (nSPS) is 19.5. The van der Waals surface area contributed by atoms with Crippen LogP contribution in [0, 0.1) is 6.92 Å². The highest BCUT2D eigenvalue weighted by Gasteiger charge is 2.24. The summed E-state index contributed by atoms with van der Waals surface area (Å²) >= 11 is 5.88. The van der Waals surface area contributed by atoms with Gasteiger partial charge < -0.3 is 19.9 Å². The van der Waals surface area contributed by atoms with E-state index in [1.165, 1.54) is 9.80 Å². The van der Waals surface area contributed by atoms with E-state index in [1.807, 2.05) is 55.5 Å². The van der Waals surface area contributed by atoms with Crippen LogP contribution in [0.1, 0.15) is 5.56 Å². The zero-order valence-electron chi connectivity index (χ0n) is 15.8. The molecule has 0 aromatic heterocycles. The topological polar surface area (TPSA) is 47.2 Å². The summed E-state index contributed by atoms with van der Waals surface area (Å²) in [4.78, 5) is 15.1. The third kappa shape index (κ3) is 6.54. The summed E-state index contributed by atoms with van der Waals surface area (Å²) in [5, 5.41) is 3.72. The zero-order chi connectivity index (χ0) is 19.1. The van der Waals surface area contributed by atoms with Crippen molar-refractivity contribution in [1.29, 1.82) is 0 Å². The van der Waals surface area contributed by atoms with Crippen LogP contribution in [0.4, 0.5) is 5.69 Å². The lowest BCUT2D eigenvalue weighted by Crippen LogP contribution is -3.28. The van der Waals surface area contributed by atoms with Gasteiger partial charge in [0, 0.05) is 10.7 Å². The molecule has 2 aromatic rings. The monoisotopic (exact) mass is 389 g/mol. The van der Waals surface area contributed by atoms with Crippen molar-refractivity contribution in [1.82, 2.24) is 0 Å². The Morgan fingerprint density at radius 1 is 1.07 bits per heavy atom. The SMILES string of the molecule is Cc1cccc(NC(=O)C[NH+]2CC[NH+](CCOc3ccc(Cl)cc3)CC2)c1. The van der Waals surface area contributed by atoms with E-state index in [2.05, 4.69) is 5.32 Å². The molecule has 0 aliphatic carbocycles. The van der Waals surface area contributed by atoms with Crippen LogP contribution in [-0.2, 0) is 4.79 Å². The summed E-state index contributed by atoms with van der Waals surface area (Å²) in [5.41, 5.74) is 2.03. The standard InChI is InChI=1S/C21H26ClN3O2/c1-17-3-2-4-19(15-17)23-21(26)16-25-11-9-24(10-12-25)13-14-27-20-7-5-18(22)6-8-20/h2-8,15H,9-14,16H2,1H3,(H,23,26)/p+2. The van der Waals surface area contributed by atoms with Gasteiger partial charge in [0.1, 0.15) is 45.1 Å². The number of piperazine rings is 1. The van der Waals surface area contributed by atoms with Gasteiger partial charge in [0.15, 0.2) is 6.54 Å². The van der Waals surface area contributed by atoms with E-state index in [1.54, 1.807) is 0 Å². The first-order chi connectivity index (χ1) is 13.1. The summed E-state index contributed by atoms with van der Waals surface area (Å²) in [7, 11) is 0. The molecule has 1 aliphatic rings. The van der Waals surface area contributed by atoms with Gasteiger partial charge in [-0.25, -0.2) is 0 Å². The average molecular weight is 390 g/mol. The van der Waals surface area contributed by atoms with Crippen LogP contribution >= 0.6 is 11.6 Å². The van der Waals surface area contributed by atoms with Gasteiger partial charge in [0.25, 0.3) is 5.91 Å². The number of aryl methyl sites for hydroxylation is 1. The highest BCUT2D eigenvalue weighted by atomic mass is 35.5. The minimum Gasteiger partial charge on any atom is -0.488 e. The van der Waals surface area contributed by atoms with Gasteiger partial charge in [-0.15, -0.1) is 0 Å². The minimum atomic E-state index is 0.0881. The number of rotatable bonds is 7. The molecular weight excluding hydrogens is 362 g/mol. The zero-order valence-corrected chi connectivity index (χ0v) is 16.5. The van der Waals surface area contributed by atoms with Gasteiger partial charge in [-0.2, -0.15) is 0 Å². The number of hydrogen-bond donors (Lipinski definition) is 3. The second-order valence-electron chi connectivity index (χ2n) is 7.15. The van der Waals surface area contributed by atoms with Crippen LogP contribution in [0.2, 0.25) is 5.02 Å². The second-order valence-corrected chi connectivity index (χ2v) is 7.58. The molecule has 3 rings (SSSR count). The van der Waals surface area contributed by atoms with Crippen LogP contribution < -0.4 is 19.9 Å². The van der Waals surface area contributed by atoms with E-state index in [9.17, 15) is 4.79 Å². The van der Waals surface area contributed by atoms with Crippen molar-refractivity contribution in [2.75, 3.05) is 51.2 Å². The molecule has 0 spiro atoms. The van der Waals surface area contributed by atoms with Crippen LogP contribution in [0.25, 0.3) is 0 Å². The summed E-state index contributed by atoms with van der Waals surface area (Å²) < 4.78 is 5.78. The maximum atomic E-state index is 12.3. The minimum absolute atomic E-state index is 0.0881. The molecule has 1 aliphatic heterocycles. The number of carbonyl (C=O) groups is 1. The lowest BCUT2D eigenvalue weighted by molar-refractivity contribution is -1.01. The summed E-state index contributed by atoms with van der Waals surface area (Å²) in [5.74, 6) is 0.945. The molecule has 1 saturated heterocycles. The van der Waals surface area contributed by atoms with Crippen molar-refractivity contribution in [2.24, 2.45) is 0 Å². The maximum absolute atomic E-state index is 12.3. The van der Waals surface area contributed by atoms with E-state index >= 15 is 0 Å². The molecule has 0 unspecified atom stereocenters. The maximum Gasteiger partial charge on any atom is 0.279 e. The molecule has 3 N–H and O–H groups in total. The summed E-state index contributed by atoms with van der Waals surface area (Å²) in [6.07, 6.45) is 0. The third-order valence-electron chi connectivity index (χ3n) is 4.91. The lowest BCUT2D eigenvalue weighted by Gasteiger charge is -2.29. The molecule has 2 aromatic carbocycles. The lowest BCUT2D eigenvalue weighted by atomic mass is 10.2. The number of quaternary nitrogens is 2. The van der Waals surface area contributed by atoms with Gasteiger partial charge in [0.2, 0.25) is 0 Å². The molecule has 6 heteroatoms. The molecule has 1 fully saturated rings. The Kier molecular flexibility index (Phi) is 7.10. The van der Waals surface area contributed by atoms with E-state index in [0.717, 1.165) is 54.7 Å². The first kappa shape index (κ1) is 19.7. The fourth-order valence-electron chi connectivity index (χ4n) is 3.38. The molecule has 27 heavy (non-hydrogen) atoms. The average Bonchev–Trinajstić information content (AvgIpc) is 2.65. The fraction of sp³-hybridized carbons (Fsp3) is 0.381. The van der Waals surface area contributed by atoms with E-state index in [4.69, 9.17) is 16.3 Å². The smallest absolute Gasteiger partial charge is 0.279 e. The van der Waals surface area contributed by atoms with Crippen molar-refractivity contribution in [3.05, 3.63) is 59.1 Å². The molecule has 0 saturated carbocycles. The van der Waals surface area contributed by atoms with Gasteiger partial charge in [-0.1, -0.05) is 23.7 Å². The van der Waals surface area contributed by atoms with Crippen LogP contribution in [0.3, 0.4) is 0 Å². The van der Waals surface area contributed by atoms with E-state index in [0.29, 0.717) is 13.2 Å². The molecule has 5 nitrogen and oxygen atoms in total. The van der Waals surface area contributed by atoms with E-state index < -0.39 is 0 Å². The van der Waals surface area contributed by atoms with Gasteiger partial charge in [-0.3, -0.25) is 4.79 Å². The Bertz CT molecular complexity index is 743. The van der Waals surface area contributed by atoms with Crippen molar-refractivity contribution in [3.63, 3.8) is 0 Å². The number of benzene rings is 2. The van der Waals surface area contributed by atoms with E-state index in [-0.39, 0.29) is 5.91 Å². The number of amides is 1. The summed E-state index contributed by atoms with van der Waals surface area (Å²) in [6, 6.07) is 15.4. The number of anilines is 1. The van der Waals surface area contributed by atoms with Crippen molar-refractivity contribution in [2.45, 2.75) is 6.92 Å². The number of hydrogen-bond acceptors (Lipinski definition) is 2. The summed E-state index contributed by atoms with van der Waals surface area (Å²) in [6.45, 7) is 8.39. The van der Waals surface area contributed by atoms with Crippen molar-refractivity contribution in [3.8, 4) is 5.75 Å². The second kappa shape index (κ2) is 9.74. The predicted octanol–water partition coefficient (Wildman–Crippen LogP) is 0.449. The number of carbonyl (C=O) groups excluding carboxylic acids is 1. The Morgan fingerprint density at radius 2 is 1.78 bits per heavy atom. The highest BCUT2D eigenvalue weighted by molar-refractivity contribution is 6.30. The van der Waals surface area contributed by atoms with Crippen molar-refractivity contribution < 1.29 is 19.3 Å². The quantitative estimate of drug-likeness (QED) is 0.644. The molecule has 0 atom stereocenters. The van der Waals surface area contributed by atoms with Crippen LogP contribution in [-0.4, -0.2) is 51.8 Å². The van der Waals surface area contributed by atoms with Gasteiger partial charge in [-0.05, 0) is 48.9 Å². The number of ether oxygens (including phenoxy) is 1. The highest BCUT2D eigenvalue weighted by Crippen LogP contribution is 2.15. The number of halogens is 1. The largest absolute Gasteiger partial charge is 0.488 e. The molecule has 1 heterocycles. The van der Waals surface area contributed by atoms with Gasteiger partial charge >= 0.3 is 0 Å². The molecule has 0 bridgehead atoms. The third-order valence-corrected chi connectivity index (χ3v) is 5.17. The predicted molar refractivity (Wildman–Crippen MR) is 108 cm³/mol. The fourth-order valence-corrected chi connectivity index (χ4v) is 3.51. The van der Waals surface area contributed by atoms with Crippen molar-refractivity contribution >= 4 is 23.2 Å². The Morgan fingerprint density at radius 3 is 2.48 bits per heavy atom. The Balaban J connectivity index is 1.33. The Hall–Kier alpha value is -2.08. The number of nitrogens with one attached hydrogen (secondary N) is 3. The molecule has 0 radical (unpaired) electrons. The van der Waals surface area contributed by atoms with Crippen LogP contribution in [0.5, 0.6) is 5.75 Å². The molecule has 1 amide bonds. The van der Waals surface area contributed by atoms with Crippen LogP contribution in [0.15, 0.2) is 48.5 Å². The molecule has 144 valence electrons. The first-order valence-corrected chi connectivity index (χ1v) is 9.88. The van der Waals surface area contributed by atoms with Gasteiger partial charge in [0.05, 0.1) is 0 Å². The first-order valence-electron chi connectivity index (χ1n) is 9.50. The Labute approximate surface area is 165 Å². The molecular formula is C21H28ClN3O2+2.